The molecule has 2 aromatic heterocycles. The fraction of sp³-hybridized carbons (Fsp3) is 0.340. The molecule has 3 N–H and O–H groups in total. The molecular weight excluding hydrogens is 725 g/mol. The number of hydrogen-bond acceptors (Lipinski definition) is 6. The van der Waals surface area contributed by atoms with E-state index in [4.69, 9.17) is 9.97 Å². The minimum Gasteiger partial charge on any atom is -0.340 e. The molecule has 11 nitrogen and oxygen atoms in total. The number of carbonyl (C=O) groups is 3. The first-order valence-electron chi connectivity index (χ1n) is 20.4. The summed E-state index contributed by atoms with van der Waals surface area (Å²) in [7, 11) is 3.66. The maximum absolute atomic E-state index is 14.1. The summed E-state index contributed by atoms with van der Waals surface area (Å²) in [6.45, 7) is 5.75. The molecule has 3 atom stereocenters. The number of nitrogens with one attached hydrogen (secondary N) is 3. The highest BCUT2D eigenvalue weighted by Crippen LogP contribution is 2.36. The summed E-state index contributed by atoms with van der Waals surface area (Å²) in [5, 5.41) is 5.27. The third-order valence-corrected chi connectivity index (χ3v) is 11.3. The molecule has 2 aliphatic rings. The van der Waals surface area contributed by atoms with Gasteiger partial charge in [-0.25, -0.2) is 9.97 Å². The van der Waals surface area contributed by atoms with Gasteiger partial charge in [-0.3, -0.25) is 14.4 Å². The molecule has 11 heteroatoms. The van der Waals surface area contributed by atoms with E-state index in [-0.39, 0.29) is 36.3 Å². The Morgan fingerprint density at radius 1 is 0.724 bits per heavy atom. The standard InChI is InChI=1S/C47H52N8O3/c1-30(2)24-43(57)54-22-8-12-40(54)45-49-28-39(51-45)37-21-20-35-25-34(18-19-36(35)26-37)31-14-16-32(17-15-31)38-27-48-46(50-38)41-13-9-23-55(41)47(58)44(33-10-6-5-7-11-33)52-42(56)29-53(3)4/h5-7,10-11,14-21,25-28,30,40-41,44H,8-9,12-13,22-24,29H2,1-4H3,(H,48,50)(H,49,51)(H,52,56). The van der Waals surface area contributed by atoms with E-state index in [9.17, 15) is 14.4 Å². The number of amides is 3. The molecule has 0 spiro atoms. The second-order valence-corrected chi connectivity index (χ2v) is 16.4. The first-order valence-corrected chi connectivity index (χ1v) is 20.4. The Hall–Kier alpha value is -6.07. The number of fused-ring (bicyclic) bond motifs is 1. The fourth-order valence-corrected chi connectivity index (χ4v) is 8.46. The number of aromatic nitrogens is 4. The van der Waals surface area contributed by atoms with Crippen LogP contribution >= 0.6 is 0 Å². The number of hydrogen-bond donors (Lipinski definition) is 3. The number of H-pyrrole nitrogens is 2. The van der Waals surface area contributed by atoms with Crippen LogP contribution < -0.4 is 5.32 Å². The maximum atomic E-state index is 14.1. The Balaban J connectivity index is 0.947. The van der Waals surface area contributed by atoms with Gasteiger partial charge in [-0.15, -0.1) is 0 Å². The zero-order chi connectivity index (χ0) is 40.3. The van der Waals surface area contributed by atoms with E-state index >= 15 is 0 Å². The van der Waals surface area contributed by atoms with Crippen molar-refractivity contribution < 1.29 is 14.4 Å². The highest BCUT2D eigenvalue weighted by Gasteiger charge is 2.37. The lowest BCUT2D eigenvalue weighted by Crippen LogP contribution is -2.45. The number of likely N-dealkylation sites (N-methyl/N-ethyl adjacent to an activating group) is 1. The van der Waals surface area contributed by atoms with Gasteiger partial charge in [-0.1, -0.05) is 92.7 Å². The van der Waals surface area contributed by atoms with Gasteiger partial charge in [0.2, 0.25) is 17.7 Å². The molecule has 4 aromatic carbocycles. The molecule has 0 saturated carbocycles. The zero-order valence-corrected chi connectivity index (χ0v) is 33.7. The average Bonchev–Trinajstić information content (AvgIpc) is 4.06. The van der Waals surface area contributed by atoms with Crippen molar-refractivity contribution in [2.75, 3.05) is 33.7 Å². The van der Waals surface area contributed by atoms with Gasteiger partial charge in [0.15, 0.2) is 0 Å². The maximum Gasteiger partial charge on any atom is 0.250 e. The SMILES string of the molecule is CC(C)CC(=O)N1CCCC1c1ncc(-c2ccc3cc(-c4ccc(-c5cnc(C6CCCN6C(=O)C(NC(=O)CN(C)C)c6ccccc6)[nH]5)cc4)ccc3c2)[nH]1. The lowest BCUT2D eigenvalue weighted by molar-refractivity contribution is -0.137. The van der Waals surface area contributed by atoms with Crippen LogP contribution in [-0.2, 0) is 14.4 Å². The summed E-state index contributed by atoms with van der Waals surface area (Å²) < 4.78 is 0. The van der Waals surface area contributed by atoms with Crippen LogP contribution in [0.5, 0.6) is 0 Å². The topological polar surface area (TPSA) is 130 Å². The summed E-state index contributed by atoms with van der Waals surface area (Å²) in [6, 6.07) is 29.9. The molecule has 2 fully saturated rings. The second kappa shape index (κ2) is 16.8. The fourth-order valence-electron chi connectivity index (χ4n) is 8.46. The van der Waals surface area contributed by atoms with E-state index < -0.39 is 6.04 Å². The monoisotopic (exact) mass is 776 g/mol. The normalized spacial score (nSPS) is 17.4. The van der Waals surface area contributed by atoms with Crippen molar-refractivity contribution in [1.29, 1.82) is 0 Å². The number of benzene rings is 4. The predicted octanol–water partition coefficient (Wildman–Crippen LogP) is 8.08. The highest BCUT2D eigenvalue weighted by atomic mass is 16.2. The Morgan fingerprint density at radius 3 is 1.91 bits per heavy atom. The van der Waals surface area contributed by atoms with Crippen LogP contribution in [0.15, 0.2) is 103 Å². The molecule has 2 saturated heterocycles. The van der Waals surface area contributed by atoms with E-state index in [1.54, 1.807) is 4.90 Å². The number of aromatic amines is 2. The van der Waals surface area contributed by atoms with E-state index in [2.05, 4.69) is 89.8 Å². The molecular formula is C47H52N8O3. The molecule has 298 valence electrons. The van der Waals surface area contributed by atoms with Crippen molar-refractivity contribution in [2.24, 2.45) is 5.92 Å². The van der Waals surface area contributed by atoms with E-state index in [0.29, 0.717) is 18.9 Å². The number of carbonyl (C=O) groups excluding carboxylic acids is 3. The lowest BCUT2D eigenvalue weighted by Gasteiger charge is -2.29. The molecule has 4 heterocycles. The van der Waals surface area contributed by atoms with E-state index in [0.717, 1.165) is 93.9 Å². The smallest absolute Gasteiger partial charge is 0.250 e. The second-order valence-electron chi connectivity index (χ2n) is 16.4. The third-order valence-electron chi connectivity index (χ3n) is 11.3. The van der Waals surface area contributed by atoms with Gasteiger partial charge in [0, 0.05) is 25.1 Å². The first-order chi connectivity index (χ1) is 28.1. The Labute approximate surface area is 339 Å². The van der Waals surface area contributed by atoms with Crippen molar-refractivity contribution in [3.63, 3.8) is 0 Å². The average molecular weight is 777 g/mol. The molecule has 8 rings (SSSR count). The van der Waals surface area contributed by atoms with Crippen LogP contribution in [-0.4, -0.2) is 86.1 Å². The molecule has 3 amide bonds. The largest absolute Gasteiger partial charge is 0.340 e. The number of likely N-dealkylation sites (tertiary alicyclic amines) is 2. The van der Waals surface area contributed by atoms with Gasteiger partial charge in [0.1, 0.15) is 17.7 Å². The summed E-state index contributed by atoms with van der Waals surface area (Å²) >= 11 is 0. The van der Waals surface area contributed by atoms with Crippen LogP contribution in [0.3, 0.4) is 0 Å². The summed E-state index contributed by atoms with van der Waals surface area (Å²) in [4.78, 5) is 62.0. The van der Waals surface area contributed by atoms with E-state index in [1.807, 2.05) is 66.6 Å². The van der Waals surface area contributed by atoms with Gasteiger partial charge < -0.3 is 30.0 Å². The van der Waals surface area contributed by atoms with Crippen LogP contribution in [0, 0.1) is 5.92 Å². The Morgan fingerprint density at radius 2 is 1.28 bits per heavy atom. The molecule has 2 aliphatic heterocycles. The minimum atomic E-state index is -0.778. The number of nitrogens with zero attached hydrogens (tertiary/aromatic N) is 5. The molecule has 0 bridgehead atoms. The van der Waals surface area contributed by atoms with Gasteiger partial charge in [-0.05, 0) is 90.9 Å². The van der Waals surface area contributed by atoms with Crippen LogP contribution in [0.2, 0.25) is 0 Å². The predicted molar refractivity (Wildman–Crippen MR) is 227 cm³/mol. The molecule has 3 unspecified atom stereocenters. The zero-order valence-electron chi connectivity index (χ0n) is 33.7. The van der Waals surface area contributed by atoms with Crippen molar-refractivity contribution in [3.05, 3.63) is 121 Å². The van der Waals surface area contributed by atoms with Crippen LogP contribution in [0.25, 0.3) is 44.4 Å². The molecule has 0 aliphatic carbocycles. The lowest BCUT2D eigenvalue weighted by atomic mass is 9.98. The number of rotatable bonds is 12. The van der Waals surface area contributed by atoms with Crippen molar-refractivity contribution in [2.45, 2.75) is 64.1 Å². The molecule has 58 heavy (non-hydrogen) atoms. The number of imidazole rings is 2. The van der Waals surface area contributed by atoms with Gasteiger partial charge in [-0.2, -0.15) is 0 Å². The molecule has 6 aromatic rings. The van der Waals surface area contributed by atoms with Crippen LogP contribution in [0.4, 0.5) is 0 Å². The quantitative estimate of drug-likeness (QED) is 0.115. The van der Waals surface area contributed by atoms with Gasteiger partial charge >= 0.3 is 0 Å². The molecule has 0 radical (unpaired) electrons. The van der Waals surface area contributed by atoms with E-state index in [1.165, 1.54) is 0 Å². The van der Waals surface area contributed by atoms with Crippen LogP contribution in [0.1, 0.15) is 81.3 Å². The third kappa shape index (κ3) is 8.31. The van der Waals surface area contributed by atoms with Crippen molar-refractivity contribution in [1.82, 2.24) is 40.0 Å². The first kappa shape index (κ1) is 38.8. The Bertz CT molecular complexity index is 2400. The van der Waals surface area contributed by atoms with Crippen molar-refractivity contribution in [3.8, 4) is 33.6 Å². The Kier molecular flexibility index (Phi) is 11.2. The highest BCUT2D eigenvalue weighted by molar-refractivity contribution is 5.91. The van der Waals surface area contributed by atoms with Gasteiger partial charge in [0.25, 0.3) is 0 Å². The minimum absolute atomic E-state index is 0.00567. The summed E-state index contributed by atoms with van der Waals surface area (Å²) in [5.74, 6) is 1.82. The van der Waals surface area contributed by atoms with Crippen molar-refractivity contribution >= 4 is 28.5 Å². The summed E-state index contributed by atoms with van der Waals surface area (Å²) in [5.41, 5.74) is 6.90. The summed E-state index contributed by atoms with van der Waals surface area (Å²) in [6.07, 6.45) is 7.86. The van der Waals surface area contributed by atoms with Gasteiger partial charge in [0.05, 0.1) is 42.4 Å².